The molecule has 3 aliphatic rings. The van der Waals surface area contributed by atoms with E-state index in [2.05, 4.69) is 15.4 Å². The molecular formula is C32H38N4O6S. The molecule has 6 rings (SSSR count). The molecule has 0 spiro atoms. The quantitative estimate of drug-likeness (QED) is 0.469. The molecule has 4 bridgehead atoms. The number of carbonyl (C=O) groups is 2. The summed E-state index contributed by atoms with van der Waals surface area (Å²) in [7, 11) is 0.691. The maximum absolute atomic E-state index is 13.9. The number of carbonyl (C=O) groups excluding carboxylic acids is 2. The first-order chi connectivity index (χ1) is 20.7. The predicted octanol–water partition coefficient (Wildman–Crippen LogP) is 4.16. The highest BCUT2D eigenvalue weighted by molar-refractivity contribution is 7.87. The van der Waals surface area contributed by atoms with Gasteiger partial charge in [0.15, 0.2) is 0 Å². The van der Waals surface area contributed by atoms with Gasteiger partial charge in [0.05, 0.1) is 32.6 Å². The fraction of sp³-hybridized carbons (Fsp3) is 0.438. The van der Waals surface area contributed by atoms with Crippen molar-refractivity contribution in [2.75, 3.05) is 47.5 Å². The summed E-state index contributed by atoms with van der Waals surface area (Å²) in [4.78, 5) is 28.9. The molecule has 1 saturated carbocycles. The van der Waals surface area contributed by atoms with Crippen molar-refractivity contribution >= 4 is 39.0 Å². The predicted molar refractivity (Wildman–Crippen MR) is 165 cm³/mol. The Bertz CT molecular complexity index is 1720. The summed E-state index contributed by atoms with van der Waals surface area (Å²) >= 11 is 0. The van der Waals surface area contributed by atoms with Gasteiger partial charge in [0.25, 0.3) is 11.8 Å². The van der Waals surface area contributed by atoms with Crippen molar-refractivity contribution < 1.29 is 27.5 Å². The standard InChI is InChI=1S/C32H38N4O6S/c1-34-13-15-42-16-14-35(2)43(39,40)33-31(37)22-9-11-27-28(19-22)36-20-24(32(34)38)17-23-18-25(41-3)10-12-26(23)30(36)29(27)21-7-5-4-6-8-21/h9-12,17-19,21H,4-8,13-16,20H2,1-3H3,(H,33,37). The van der Waals surface area contributed by atoms with Crippen LogP contribution in [0.3, 0.4) is 0 Å². The van der Waals surface area contributed by atoms with Crippen LogP contribution in [0, 0.1) is 0 Å². The van der Waals surface area contributed by atoms with Crippen LogP contribution < -0.4 is 9.46 Å². The summed E-state index contributed by atoms with van der Waals surface area (Å²) in [5, 5.41) is 1.02. The summed E-state index contributed by atoms with van der Waals surface area (Å²) in [6.07, 6.45) is 7.58. The molecule has 2 aliphatic heterocycles. The maximum Gasteiger partial charge on any atom is 0.303 e. The number of nitrogens with zero attached hydrogens (tertiary/aromatic N) is 3. The lowest BCUT2D eigenvalue weighted by Crippen LogP contribution is -2.42. The Morgan fingerprint density at radius 1 is 0.977 bits per heavy atom. The van der Waals surface area contributed by atoms with Crippen LogP contribution in [0.2, 0.25) is 0 Å². The van der Waals surface area contributed by atoms with E-state index in [9.17, 15) is 18.0 Å². The van der Waals surface area contributed by atoms with Crippen LogP contribution >= 0.6 is 0 Å². The van der Waals surface area contributed by atoms with Gasteiger partial charge in [-0.25, -0.2) is 4.72 Å². The van der Waals surface area contributed by atoms with E-state index in [0.717, 1.165) is 57.7 Å². The zero-order valence-electron chi connectivity index (χ0n) is 24.9. The van der Waals surface area contributed by atoms with Crippen LogP contribution in [-0.4, -0.2) is 81.5 Å². The zero-order chi connectivity index (χ0) is 30.3. The number of fused-ring (bicyclic) bond motifs is 4. The molecule has 3 aromatic rings. The molecule has 1 fully saturated rings. The molecule has 1 aromatic heterocycles. The molecule has 2 aromatic carbocycles. The van der Waals surface area contributed by atoms with Crippen molar-refractivity contribution in [3.05, 3.63) is 58.7 Å². The van der Waals surface area contributed by atoms with E-state index in [-0.39, 0.29) is 31.2 Å². The molecule has 1 aliphatic carbocycles. The van der Waals surface area contributed by atoms with E-state index in [1.807, 2.05) is 24.3 Å². The Hall–Kier alpha value is -3.67. The molecule has 0 unspecified atom stereocenters. The fourth-order valence-electron chi connectivity index (χ4n) is 6.53. The number of rotatable bonds is 2. The topological polar surface area (TPSA) is 110 Å². The van der Waals surface area contributed by atoms with Crippen molar-refractivity contribution in [2.45, 2.75) is 44.6 Å². The number of aromatic nitrogens is 1. The van der Waals surface area contributed by atoms with Crippen LogP contribution in [0.1, 0.15) is 59.5 Å². The zero-order valence-corrected chi connectivity index (χ0v) is 25.7. The van der Waals surface area contributed by atoms with E-state index in [1.165, 1.54) is 19.0 Å². The van der Waals surface area contributed by atoms with Gasteiger partial charge in [0, 0.05) is 54.8 Å². The summed E-state index contributed by atoms with van der Waals surface area (Å²) < 4.78 is 42.5. The smallest absolute Gasteiger partial charge is 0.303 e. The van der Waals surface area contributed by atoms with Gasteiger partial charge in [-0.05, 0) is 66.3 Å². The van der Waals surface area contributed by atoms with E-state index < -0.39 is 16.1 Å². The van der Waals surface area contributed by atoms with Gasteiger partial charge in [-0.1, -0.05) is 25.3 Å². The third-order valence-corrected chi connectivity index (χ3v) is 10.4. The lowest BCUT2D eigenvalue weighted by Gasteiger charge is -2.24. The Morgan fingerprint density at radius 2 is 1.74 bits per heavy atom. The number of ether oxygens (including phenoxy) is 2. The SMILES string of the molecule is COc1ccc2c(c1)C=C1Cn3c-2c(C2CCCCC2)c2ccc(cc23)C(=O)NS(=O)(=O)N(C)CCOCCN(C)C1=O. The highest BCUT2D eigenvalue weighted by Crippen LogP contribution is 2.47. The largest absolute Gasteiger partial charge is 0.497 e. The number of hydrogen-bond acceptors (Lipinski definition) is 6. The van der Waals surface area contributed by atoms with Crippen LogP contribution in [0.4, 0.5) is 0 Å². The highest BCUT2D eigenvalue weighted by atomic mass is 32.2. The molecule has 3 heterocycles. The van der Waals surface area contributed by atoms with E-state index in [0.29, 0.717) is 30.3 Å². The minimum Gasteiger partial charge on any atom is -0.497 e. The first-order valence-corrected chi connectivity index (χ1v) is 16.3. The second-order valence-electron chi connectivity index (χ2n) is 11.6. The van der Waals surface area contributed by atoms with Gasteiger partial charge in [-0.2, -0.15) is 12.7 Å². The van der Waals surface area contributed by atoms with Crippen LogP contribution in [0.5, 0.6) is 5.75 Å². The minimum absolute atomic E-state index is 0.0556. The van der Waals surface area contributed by atoms with Gasteiger partial charge < -0.3 is 18.9 Å². The summed E-state index contributed by atoms with van der Waals surface area (Å²) in [5.41, 5.74) is 5.78. The van der Waals surface area contributed by atoms with Crippen molar-refractivity contribution in [3.63, 3.8) is 0 Å². The number of benzene rings is 2. The van der Waals surface area contributed by atoms with E-state index in [1.54, 1.807) is 31.2 Å². The first-order valence-electron chi connectivity index (χ1n) is 14.8. The van der Waals surface area contributed by atoms with Crippen molar-refractivity contribution in [2.24, 2.45) is 0 Å². The molecule has 10 nitrogen and oxygen atoms in total. The summed E-state index contributed by atoms with van der Waals surface area (Å²) in [6, 6.07) is 11.4. The minimum atomic E-state index is -4.09. The van der Waals surface area contributed by atoms with Crippen LogP contribution in [0.25, 0.3) is 28.2 Å². The van der Waals surface area contributed by atoms with Crippen molar-refractivity contribution in [1.82, 2.24) is 18.5 Å². The van der Waals surface area contributed by atoms with Crippen LogP contribution in [0.15, 0.2) is 42.0 Å². The third kappa shape index (κ3) is 5.57. The molecular weight excluding hydrogens is 568 g/mol. The molecule has 0 radical (unpaired) electrons. The third-order valence-electron chi connectivity index (χ3n) is 8.93. The Labute approximate surface area is 252 Å². The molecule has 228 valence electrons. The molecule has 43 heavy (non-hydrogen) atoms. The molecule has 0 atom stereocenters. The number of nitrogens with one attached hydrogen (secondary N) is 1. The molecule has 2 amide bonds. The van der Waals surface area contributed by atoms with Gasteiger partial charge in [0.1, 0.15) is 5.75 Å². The Balaban J connectivity index is 1.60. The maximum atomic E-state index is 13.9. The van der Waals surface area contributed by atoms with Crippen molar-refractivity contribution in [1.29, 1.82) is 0 Å². The van der Waals surface area contributed by atoms with Gasteiger partial charge in [-0.15, -0.1) is 0 Å². The van der Waals surface area contributed by atoms with Gasteiger partial charge >= 0.3 is 10.2 Å². The van der Waals surface area contributed by atoms with Crippen molar-refractivity contribution in [3.8, 4) is 17.0 Å². The normalized spacial score (nSPS) is 20.4. The lowest BCUT2D eigenvalue weighted by atomic mass is 9.81. The summed E-state index contributed by atoms with van der Waals surface area (Å²) in [6.45, 7) is 1.05. The Kier molecular flexibility index (Phi) is 8.06. The number of methoxy groups -OCH3 is 1. The van der Waals surface area contributed by atoms with E-state index >= 15 is 0 Å². The fourth-order valence-corrected chi connectivity index (χ4v) is 7.35. The van der Waals surface area contributed by atoms with Crippen LogP contribution in [-0.2, 0) is 26.3 Å². The number of hydrogen-bond donors (Lipinski definition) is 1. The van der Waals surface area contributed by atoms with Gasteiger partial charge in [0.2, 0.25) is 0 Å². The first kappa shape index (κ1) is 29.4. The average Bonchev–Trinajstić information content (AvgIpc) is 3.22. The monoisotopic (exact) mass is 606 g/mol. The molecule has 1 N–H and O–H groups in total. The average molecular weight is 607 g/mol. The Morgan fingerprint density at radius 3 is 2.51 bits per heavy atom. The number of amides is 2. The molecule has 0 saturated heterocycles. The summed E-state index contributed by atoms with van der Waals surface area (Å²) in [5.74, 6) is 0.196. The van der Waals surface area contributed by atoms with E-state index in [4.69, 9.17) is 9.47 Å². The second kappa shape index (κ2) is 11.8. The molecule has 11 heteroatoms. The number of likely N-dealkylation sites (N-methyl/N-ethyl adjacent to an activating group) is 2. The van der Waals surface area contributed by atoms with Gasteiger partial charge in [-0.3, -0.25) is 9.59 Å². The lowest BCUT2D eigenvalue weighted by molar-refractivity contribution is -0.126. The highest BCUT2D eigenvalue weighted by Gasteiger charge is 2.31. The second-order valence-corrected chi connectivity index (χ2v) is 13.4.